The van der Waals surface area contributed by atoms with E-state index in [1.807, 2.05) is 61.1 Å². The summed E-state index contributed by atoms with van der Waals surface area (Å²) in [5.41, 5.74) is 2.94. The van der Waals surface area contributed by atoms with Gasteiger partial charge in [0.25, 0.3) is 5.91 Å². The van der Waals surface area contributed by atoms with Crippen molar-refractivity contribution in [3.05, 3.63) is 59.4 Å². The molecule has 0 saturated heterocycles. The van der Waals surface area contributed by atoms with E-state index in [0.717, 1.165) is 11.3 Å². The van der Waals surface area contributed by atoms with Gasteiger partial charge in [0.2, 0.25) is 0 Å². The molecule has 0 aliphatic carbocycles. The molecule has 3 heteroatoms. The quantitative estimate of drug-likeness (QED) is 0.859. The lowest BCUT2D eigenvalue weighted by Gasteiger charge is -2.06. The lowest BCUT2D eigenvalue weighted by molar-refractivity contribution is 0.0950. The Morgan fingerprint density at radius 2 is 1.94 bits per heavy atom. The predicted octanol–water partition coefficient (Wildman–Crippen LogP) is 2.26. The zero-order valence-electron chi connectivity index (χ0n) is 10.1. The van der Waals surface area contributed by atoms with Gasteiger partial charge in [-0.15, -0.1) is 0 Å². The van der Waals surface area contributed by atoms with Crippen LogP contribution in [0.2, 0.25) is 0 Å². The zero-order valence-corrected chi connectivity index (χ0v) is 10.1. The molecule has 0 spiro atoms. The summed E-state index contributed by atoms with van der Waals surface area (Å²) >= 11 is 0. The van der Waals surface area contributed by atoms with Crippen molar-refractivity contribution in [3.63, 3.8) is 0 Å². The first-order valence-corrected chi connectivity index (χ1v) is 5.62. The first-order chi connectivity index (χ1) is 8.16. The van der Waals surface area contributed by atoms with E-state index in [2.05, 4.69) is 5.32 Å². The molecule has 0 aliphatic rings. The van der Waals surface area contributed by atoms with Gasteiger partial charge in [-0.05, 0) is 31.2 Å². The van der Waals surface area contributed by atoms with E-state index in [9.17, 15) is 4.79 Å². The number of hydrogen-bond acceptors (Lipinski definition) is 1. The number of hydrogen-bond donors (Lipinski definition) is 1. The average Bonchev–Trinajstić information content (AvgIpc) is 2.73. The average molecular weight is 228 g/mol. The third-order valence-corrected chi connectivity index (χ3v) is 2.80. The minimum absolute atomic E-state index is 0.0359. The molecule has 2 rings (SSSR count). The van der Waals surface area contributed by atoms with Crippen molar-refractivity contribution >= 4 is 5.91 Å². The molecule has 2 aromatic rings. The Bertz CT molecular complexity index is 511. The molecule has 1 heterocycles. The number of nitrogens with zero attached hydrogens (tertiary/aromatic N) is 1. The summed E-state index contributed by atoms with van der Waals surface area (Å²) in [4.78, 5) is 11.8. The molecule has 17 heavy (non-hydrogen) atoms. The molecule has 1 N–H and O–H groups in total. The van der Waals surface area contributed by atoms with Gasteiger partial charge in [-0.25, -0.2) is 0 Å². The summed E-state index contributed by atoms with van der Waals surface area (Å²) < 4.78 is 2.00. The topological polar surface area (TPSA) is 34.0 Å². The van der Waals surface area contributed by atoms with E-state index in [1.165, 1.54) is 0 Å². The molecular formula is C14H16N2O. The van der Waals surface area contributed by atoms with Crippen molar-refractivity contribution in [2.45, 2.75) is 13.5 Å². The molecule has 0 atom stereocenters. The first-order valence-electron chi connectivity index (χ1n) is 5.62. The van der Waals surface area contributed by atoms with Crippen LogP contribution in [-0.4, -0.2) is 10.5 Å². The molecule has 0 bridgehead atoms. The second kappa shape index (κ2) is 4.87. The second-order valence-corrected chi connectivity index (χ2v) is 4.16. The number of amides is 1. The normalized spacial score (nSPS) is 10.2. The van der Waals surface area contributed by atoms with E-state index in [0.29, 0.717) is 12.1 Å². The van der Waals surface area contributed by atoms with E-state index >= 15 is 0 Å². The van der Waals surface area contributed by atoms with Crippen LogP contribution in [-0.2, 0) is 13.6 Å². The minimum Gasteiger partial charge on any atom is -0.353 e. The molecule has 0 radical (unpaired) electrons. The predicted molar refractivity (Wildman–Crippen MR) is 67.8 cm³/mol. The van der Waals surface area contributed by atoms with Gasteiger partial charge in [0.1, 0.15) is 0 Å². The Labute approximate surface area is 101 Å². The highest BCUT2D eigenvalue weighted by molar-refractivity contribution is 5.94. The lowest BCUT2D eigenvalue weighted by atomic mass is 10.1. The number of carbonyl (C=O) groups is 1. The van der Waals surface area contributed by atoms with Crippen LogP contribution in [0.4, 0.5) is 0 Å². The van der Waals surface area contributed by atoms with Crippen molar-refractivity contribution in [1.82, 2.24) is 9.88 Å². The minimum atomic E-state index is -0.0359. The smallest absolute Gasteiger partial charge is 0.251 e. The second-order valence-electron chi connectivity index (χ2n) is 4.16. The van der Waals surface area contributed by atoms with Crippen LogP contribution in [0.5, 0.6) is 0 Å². The van der Waals surface area contributed by atoms with E-state index in [1.54, 1.807) is 0 Å². The van der Waals surface area contributed by atoms with Gasteiger partial charge in [0.05, 0.1) is 6.54 Å². The molecule has 0 aliphatic heterocycles. The van der Waals surface area contributed by atoms with Gasteiger partial charge in [0.15, 0.2) is 0 Å². The lowest BCUT2D eigenvalue weighted by Crippen LogP contribution is -2.23. The number of benzene rings is 1. The summed E-state index contributed by atoms with van der Waals surface area (Å²) in [5.74, 6) is -0.0359. The molecular weight excluding hydrogens is 212 g/mol. The van der Waals surface area contributed by atoms with Crippen molar-refractivity contribution < 1.29 is 4.79 Å². The largest absolute Gasteiger partial charge is 0.353 e. The summed E-state index contributed by atoms with van der Waals surface area (Å²) in [7, 11) is 1.97. The Morgan fingerprint density at radius 1 is 1.24 bits per heavy atom. The molecule has 0 saturated carbocycles. The highest BCUT2D eigenvalue weighted by Crippen LogP contribution is 2.04. The highest BCUT2D eigenvalue weighted by Gasteiger charge is 2.05. The van der Waals surface area contributed by atoms with Gasteiger partial charge in [-0.2, -0.15) is 0 Å². The number of carbonyl (C=O) groups excluding carboxylic acids is 1. The van der Waals surface area contributed by atoms with Crippen LogP contribution in [0, 0.1) is 6.92 Å². The van der Waals surface area contributed by atoms with E-state index in [-0.39, 0.29) is 5.91 Å². The fourth-order valence-corrected chi connectivity index (χ4v) is 1.66. The number of aromatic nitrogens is 1. The van der Waals surface area contributed by atoms with Crippen LogP contribution >= 0.6 is 0 Å². The van der Waals surface area contributed by atoms with Crippen LogP contribution < -0.4 is 5.32 Å². The molecule has 3 nitrogen and oxygen atoms in total. The fourth-order valence-electron chi connectivity index (χ4n) is 1.66. The molecule has 1 aromatic heterocycles. The molecule has 0 fully saturated rings. The van der Waals surface area contributed by atoms with Gasteiger partial charge in [-0.3, -0.25) is 4.79 Å². The third-order valence-electron chi connectivity index (χ3n) is 2.80. The summed E-state index contributed by atoms with van der Waals surface area (Å²) in [5, 5.41) is 2.90. The molecule has 0 unspecified atom stereocenters. The summed E-state index contributed by atoms with van der Waals surface area (Å²) in [6.45, 7) is 2.56. The Balaban J connectivity index is 1.98. The molecule has 1 amide bonds. The van der Waals surface area contributed by atoms with Crippen molar-refractivity contribution in [1.29, 1.82) is 0 Å². The van der Waals surface area contributed by atoms with Gasteiger partial charge >= 0.3 is 0 Å². The number of rotatable bonds is 3. The van der Waals surface area contributed by atoms with Crippen LogP contribution in [0.3, 0.4) is 0 Å². The fraction of sp³-hybridized carbons (Fsp3) is 0.214. The van der Waals surface area contributed by atoms with Crippen LogP contribution in [0.15, 0.2) is 42.6 Å². The van der Waals surface area contributed by atoms with E-state index in [4.69, 9.17) is 0 Å². The SMILES string of the molecule is Cc1ccc(C(=O)NCc2cccn2C)cc1. The van der Waals surface area contributed by atoms with Crippen molar-refractivity contribution in [3.8, 4) is 0 Å². The zero-order chi connectivity index (χ0) is 12.3. The standard InChI is InChI=1S/C14H16N2O/c1-11-5-7-12(8-6-11)14(17)15-10-13-4-3-9-16(13)2/h3-9H,10H2,1-2H3,(H,15,17). The third kappa shape index (κ3) is 2.75. The monoisotopic (exact) mass is 228 g/mol. The number of nitrogens with one attached hydrogen (secondary N) is 1. The van der Waals surface area contributed by atoms with Crippen molar-refractivity contribution in [2.75, 3.05) is 0 Å². The van der Waals surface area contributed by atoms with Gasteiger partial charge < -0.3 is 9.88 Å². The van der Waals surface area contributed by atoms with Crippen LogP contribution in [0.25, 0.3) is 0 Å². The Morgan fingerprint density at radius 3 is 2.53 bits per heavy atom. The van der Waals surface area contributed by atoms with Gasteiger partial charge in [-0.1, -0.05) is 17.7 Å². The van der Waals surface area contributed by atoms with E-state index < -0.39 is 0 Å². The summed E-state index contributed by atoms with van der Waals surface area (Å²) in [6.07, 6.45) is 1.97. The maximum atomic E-state index is 11.8. The Hall–Kier alpha value is -2.03. The molecule has 88 valence electrons. The van der Waals surface area contributed by atoms with Crippen LogP contribution in [0.1, 0.15) is 21.6 Å². The van der Waals surface area contributed by atoms with Crippen molar-refractivity contribution in [2.24, 2.45) is 7.05 Å². The highest BCUT2D eigenvalue weighted by atomic mass is 16.1. The van der Waals surface area contributed by atoms with Gasteiger partial charge in [0, 0.05) is 24.5 Å². The maximum absolute atomic E-state index is 11.8. The first kappa shape index (κ1) is 11.5. The maximum Gasteiger partial charge on any atom is 0.251 e. The molecule has 1 aromatic carbocycles. The number of aryl methyl sites for hydroxylation is 2. The summed E-state index contributed by atoms with van der Waals surface area (Å²) in [6, 6.07) is 11.5. The Kier molecular flexibility index (Phi) is 3.28.